The lowest BCUT2D eigenvalue weighted by atomic mass is 9.97. The first-order valence-electron chi connectivity index (χ1n) is 6.57. The van der Waals surface area contributed by atoms with Crippen LogP contribution in [-0.4, -0.2) is 41.0 Å². The quantitative estimate of drug-likeness (QED) is 0.833. The average molecular weight is 234 g/mol. The van der Waals surface area contributed by atoms with E-state index in [1.807, 2.05) is 18.5 Å². The molecule has 2 heterocycles. The van der Waals surface area contributed by atoms with Crippen LogP contribution >= 0.6 is 0 Å². The van der Waals surface area contributed by atoms with E-state index in [1.54, 1.807) is 0 Å². The first-order valence-corrected chi connectivity index (χ1v) is 6.57. The highest BCUT2D eigenvalue weighted by Crippen LogP contribution is 2.17. The first kappa shape index (κ1) is 12.5. The molecule has 4 nitrogen and oxygen atoms in total. The Morgan fingerprint density at radius 3 is 2.65 bits per heavy atom. The van der Waals surface area contributed by atoms with Gasteiger partial charge in [0.1, 0.15) is 5.82 Å². The molecule has 1 fully saturated rings. The number of likely N-dealkylation sites (tertiary alicyclic amines) is 1. The van der Waals surface area contributed by atoms with Crippen molar-refractivity contribution in [3.05, 3.63) is 24.3 Å². The van der Waals surface area contributed by atoms with Gasteiger partial charge in [-0.25, -0.2) is 9.97 Å². The molecule has 0 atom stereocenters. The van der Waals surface area contributed by atoms with Crippen LogP contribution in [0.5, 0.6) is 0 Å². The Kier molecular flexibility index (Phi) is 4.88. The highest BCUT2D eigenvalue weighted by molar-refractivity contribution is 4.89. The SMILES string of the molecule is CCNCC1CCN(Cc2ncccn2)CC1. The van der Waals surface area contributed by atoms with Crippen LogP contribution in [0, 0.1) is 5.92 Å². The first-order chi connectivity index (χ1) is 8.38. The van der Waals surface area contributed by atoms with E-state index in [0.29, 0.717) is 0 Å². The second kappa shape index (κ2) is 6.67. The van der Waals surface area contributed by atoms with Gasteiger partial charge in [-0.05, 0) is 51.0 Å². The fourth-order valence-corrected chi connectivity index (χ4v) is 2.31. The second-order valence-corrected chi connectivity index (χ2v) is 4.69. The van der Waals surface area contributed by atoms with Gasteiger partial charge in [-0.15, -0.1) is 0 Å². The third-order valence-corrected chi connectivity index (χ3v) is 3.37. The van der Waals surface area contributed by atoms with Gasteiger partial charge < -0.3 is 5.32 Å². The van der Waals surface area contributed by atoms with Crippen LogP contribution in [0.1, 0.15) is 25.6 Å². The zero-order chi connectivity index (χ0) is 11.9. The molecule has 1 N–H and O–H groups in total. The number of rotatable bonds is 5. The number of piperidine rings is 1. The van der Waals surface area contributed by atoms with Crippen LogP contribution in [0.3, 0.4) is 0 Å². The van der Waals surface area contributed by atoms with Crippen molar-refractivity contribution in [2.24, 2.45) is 5.92 Å². The lowest BCUT2D eigenvalue weighted by molar-refractivity contribution is 0.172. The Morgan fingerprint density at radius 2 is 2.00 bits per heavy atom. The molecule has 0 saturated carbocycles. The van der Waals surface area contributed by atoms with Crippen molar-refractivity contribution in [1.82, 2.24) is 20.2 Å². The summed E-state index contributed by atoms with van der Waals surface area (Å²) in [6, 6.07) is 1.87. The summed E-state index contributed by atoms with van der Waals surface area (Å²) in [6.07, 6.45) is 6.22. The van der Waals surface area contributed by atoms with Crippen LogP contribution in [0.2, 0.25) is 0 Å². The molecule has 17 heavy (non-hydrogen) atoms. The largest absolute Gasteiger partial charge is 0.317 e. The molecule has 0 unspecified atom stereocenters. The Morgan fingerprint density at radius 1 is 1.29 bits per heavy atom. The summed E-state index contributed by atoms with van der Waals surface area (Å²) < 4.78 is 0. The van der Waals surface area contributed by atoms with E-state index in [-0.39, 0.29) is 0 Å². The van der Waals surface area contributed by atoms with Gasteiger partial charge in [0.05, 0.1) is 6.54 Å². The van der Waals surface area contributed by atoms with Crippen molar-refractivity contribution in [2.45, 2.75) is 26.3 Å². The summed E-state index contributed by atoms with van der Waals surface area (Å²) in [7, 11) is 0. The average Bonchev–Trinajstić information content (AvgIpc) is 2.39. The number of hydrogen-bond acceptors (Lipinski definition) is 4. The highest BCUT2D eigenvalue weighted by atomic mass is 15.1. The molecule has 0 bridgehead atoms. The fraction of sp³-hybridized carbons (Fsp3) is 0.692. The standard InChI is InChI=1S/C13H22N4/c1-2-14-10-12-4-8-17(9-5-12)11-13-15-6-3-7-16-13/h3,6-7,12,14H,2,4-5,8-11H2,1H3. The highest BCUT2D eigenvalue weighted by Gasteiger charge is 2.19. The smallest absolute Gasteiger partial charge is 0.142 e. The minimum Gasteiger partial charge on any atom is -0.317 e. The summed E-state index contributed by atoms with van der Waals surface area (Å²) in [5.74, 6) is 1.79. The molecule has 1 aromatic heterocycles. The van der Waals surface area contributed by atoms with Crippen molar-refractivity contribution < 1.29 is 0 Å². The summed E-state index contributed by atoms with van der Waals surface area (Å²) in [6.45, 7) is 7.67. The molecule has 4 heteroatoms. The third kappa shape index (κ3) is 4.06. The van der Waals surface area contributed by atoms with Crippen molar-refractivity contribution in [1.29, 1.82) is 0 Å². The van der Waals surface area contributed by atoms with Crippen LogP contribution in [0.4, 0.5) is 0 Å². The predicted molar refractivity (Wildman–Crippen MR) is 68.6 cm³/mol. The Balaban J connectivity index is 1.72. The maximum Gasteiger partial charge on any atom is 0.142 e. The van der Waals surface area contributed by atoms with Gasteiger partial charge in [-0.1, -0.05) is 6.92 Å². The van der Waals surface area contributed by atoms with Crippen molar-refractivity contribution in [2.75, 3.05) is 26.2 Å². The topological polar surface area (TPSA) is 41.0 Å². The van der Waals surface area contributed by atoms with Crippen LogP contribution in [0.15, 0.2) is 18.5 Å². The monoisotopic (exact) mass is 234 g/mol. The molecule has 0 amide bonds. The van der Waals surface area contributed by atoms with Crippen molar-refractivity contribution >= 4 is 0 Å². The summed E-state index contributed by atoms with van der Waals surface area (Å²) in [5, 5.41) is 3.44. The van der Waals surface area contributed by atoms with Gasteiger partial charge in [0.15, 0.2) is 0 Å². The Labute approximate surface area is 103 Å². The zero-order valence-corrected chi connectivity index (χ0v) is 10.6. The van der Waals surface area contributed by atoms with E-state index in [1.165, 1.54) is 32.5 Å². The summed E-state index contributed by atoms with van der Waals surface area (Å²) in [5.41, 5.74) is 0. The summed E-state index contributed by atoms with van der Waals surface area (Å²) >= 11 is 0. The van der Waals surface area contributed by atoms with Crippen LogP contribution in [0.25, 0.3) is 0 Å². The number of aromatic nitrogens is 2. The number of nitrogens with one attached hydrogen (secondary N) is 1. The van der Waals surface area contributed by atoms with Gasteiger partial charge in [0, 0.05) is 12.4 Å². The zero-order valence-electron chi connectivity index (χ0n) is 10.6. The van der Waals surface area contributed by atoms with Crippen molar-refractivity contribution in [3.8, 4) is 0 Å². The molecule has 94 valence electrons. The molecule has 1 saturated heterocycles. The van der Waals surface area contributed by atoms with Crippen molar-refractivity contribution in [3.63, 3.8) is 0 Å². The molecule has 0 aliphatic carbocycles. The van der Waals surface area contributed by atoms with E-state index in [9.17, 15) is 0 Å². The van der Waals surface area contributed by atoms with Gasteiger partial charge >= 0.3 is 0 Å². The van der Waals surface area contributed by atoms with E-state index < -0.39 is 0 Å². The van der Waals surface area contributed by atoms with E-state index in [0.717, 1.165) is 24.8 Å². The lowest BCUT2D eigenvalue weighted by Gasteiger charge is -2.31. The minimum absolute atomic E-state index is 0.850. The maximum atomic E-state index is 4.28. The predicted octanol–water partition coefficient (Wildman–Crippen LogP) is 1.30. The van der Waals surface area contributed by atoms with Gasteiger partial charge in [0.25, 0.3) is 0 Å². The van der Waals surface area contributed by atoms with E-state index >= 15 is 0 Å². The Bertz CT molecular complexity index is 306. The molecule has 1 aliphatic heterocycles. The minimum atomic E-state index is 0.850. The lowest BCUT2D eigenvalue weighted by Crippen LogP contribution is -2.37. The Hall–Kier alpha value is -1.00. The molecule has 1 aromatic rings. The molecule has 0 radical (unpaired) electrons. The third-order valence-electron chi connectivity index (χ3n) is 3.37. The van der Waals surface area contributed by atoms with Gasteiger partial charge in [-0.3, -0.25) is 4.90 Å². The molecule has 1 aliphatic rings. The second-order valence-electron chi connectivity index (χ2n) is 4.69. The molecule has 0 aromatic carbocycles. The molecular formula is C13H22N4. The van der Waals surface area contributed by atoms with Crippen LogP contribution < -0.4 is 5.32 Å². The number of nitrogens with zero attached hydrogens (tertiary/aromatic N) is 3. The fourth-order valence-electron chi connectivity index (χ4n) is 2.31. The van der Waals surface area contributed by atoms with E-state index in [2.05, 4.69) is 27.1 Å². The van der Waals surface area contributed by atoms with Gasteiger partial charge in [-0.2, -0.15) is 0 Å². The summed E-state index contributed by atoms with van der Waals surface area (Å²) in [4.78, 5) is 11.0. The normalized spacial score (nSPS) is 18.4. The molecular weight excluding hydrogens is 212 g/mol. The molecule has 0 spiro atoms. The molecule has 2 rings (SSSR count). The van der Waals surface area contributed by atoms with Gasteiger partial charge in [0.2, 0.25) is 0 Å². The maximum absolute atomic E-state index is 4.28. The van der Waals surface area contributed by atoms with E-state index in [4.69, 9.17) is 0 Å². The van der Waals surface area contributed by atoms with Crippen LogP contribution in [-0.2, 0) is 6.54 Å². The number of hydrogen-bond donors (Lipinski definition) is 1.